The molecule has 2 aromatic heterocycles. The summed E-state index contributed by atoms with van der Waals surface area (Å²) in [5.74, 6) is 0.909. The van der Waals surface area contributed by atoms with Crippen LogP contribution in [0.15, 0.2) is 18.3 Å². The third-order valence-corrected chi connectivity index (χ3v) is 2.59. The van der Waals surface area contributed by atoms with Gasteiger partial charge in [-0.15, -0.1) is 0 Å². The fourth-order valence-electron chi connectivity index (χ4n) is 1.61. The molecule has 15 heavy (non-hydrogen) atoms. The number of fused-ring (bicyclic) bond motifs is 1. The van der Waals surface area contributed by atoms with Crippen molar-refractivity contribution in [1.29, 1.82) is 0 Å². The minimum Gasteiger partial charge on any atom is -0.235 e. The third-order valence-electron chi connectivity index (χ3n) is 2.59. The molecule has 0 N–H and O–H groups in total. The van der Waals surface area contributed by atoms with Gasteiger partial charge in [-0.2, -0.15) is 5.10 Å². The molecule has 0 amide bonds. The summed E-state index contributed by atoms with van der Waals surface area (Å²) in [6.07, 6.45) is 1.91. The van der Waals surface area contributed by atoms with Crippen molar-refractivity contribution < 1.29 is 0 Å². The van der Waals surface area contributed by atoms with Crippen LogP contribution in [0.2, 0.25) is 0 Å². The maximum absolute atomic E-state index is 4.61. The zero-order chi connectivity index (χ0) is 11.0. The van der Waals surface area contributed by atoms with Crippen LogP contribution < -0.4 is 0 Å². The predicted octanol–water partition coefficient (Wildman–Crippen LogP) is 2.98. The van der Waals surface area contributed by atoms with E-state index in [-0.39, 0.29) is 0 Å². The van der Waals surface area contributed by atoms with Gasteiger partial charge >= 0.3 is 0 Å². The Bertz CT molecular complexity index is 469. The molecular weight excluding hydrogens is 186 g/mol. The van der Waals surface area contributed by atoms with Gasteiger partial charge in [0.05, 0.1) is 17.6 Å². The number of nitrogens with zero attached hydrogens (tertiary/aromatic N) is 3. The molecule has 0 saturated carbocycles. The van der Waals surface area contributed by atoms with Crippen LogP contribution in [-0.2, 0) is 0 Å². The number of aromatic nitrogens is 3. The van der Waals surface area contributed by atoms with E-state index in [4.69, 9.17) is 0 Å². The summed E-state index contributed by atoms with van der Waals surface area (Å²) in [5.41, 5.74) is 3.22. The highest BCUT2D eigenvalue weighted by molar-refractivity contribution is 5.39. The van der Waals surface area contributed by atoms with Crippen LogP contribution in [0.5, 0.6) is 0 Å². The number of hydrogen-bond acceptors (Lipinski definition) is 2. The summed E-state index contributed by atoms with van der Waals surface area (Å²) in [6, 6.07) is 4.09. The molecule has 0 bridgehead atoms. The molecule has 3 nitrogen and oxygen atoms in total. The second kappa shape index (κ2) is 3.65. The van der Waals surface area contributed by atoms with Crippen LogP contribution in [0.25, 0.3) is 5.65 Å². The van der Waals surface area contributed by atoms with Crippen LogP contribution in [0, 0.1) is 0 Å². The molecular formula is C12H17N3. The predicted molar refractivity (Wildman–Crippen MR) is 61.2 cm³/mol. The normalized spacial score (nSPS) is 11.9. The van der Waals surface area contributed by atoms with Crippen LogP contribution >= 0.6 is 0 Å². The minimum absolute atomic E-state index is 0.454. The lowest BCUT2D eigenvalue weighted by molar-refractivity contribution is 0.713. The molecule has 0 spiro atoms. The molecule has 0 fully saturated rings. The monoisotopic (exact) mass is 203 g/mol. The lowest BCUT2D eigenvalue weighted by atomic mass is 10.1. The van der Waals surface area contributed by atoms with Crippen molar-refractivity contribution in [3.05, 3.63) is 29.7 Å². The zero-order valence-electron chi connectivity index (χ0n) is 9.73. The molecule has 0 aromatic carbocycles. The van der Waals surface area contributed by atoms with Gasteiger partial charge in [-0.3, -0.25) is 0 Å². The molecule has 2 aromatic rings. The Hall–Kier alpha value is -1.38. The van der Waals surface area contributed by atoms with E-state index < -0.39 is 0 Å². The first-order valence-corrected chi connectivity index (χ1v) is 5.44. The average Bonchev–Trinajstić information content (AvgIpc) is 2.59. The van der Waals surface area contributed by atoms with E-state index in [0.717, 1.165) is 11.3 Å². The lowest BCUT2D eigenvalue weighted by Crippen LogP contribution is -2.03. The Kier molecular flexibility index (Phi) is 2.47. The van der Waals surface area contributed by atoms with E-state index in [2.05, 4.69) is 43.8 Å². The topological polar surface area (TPSA) is 30.2 Å². The van der Waals surface area contributed by atoms with E-state index >= 15 is 0 Å². The maximum Gasteiger partial charge on any atom is 0.153 e. The van der Waals surface area contributed by atoms with E-state index in [1.165, 1.54) is 5.69 Å². The first kappa shape index (κ1) is 10.1. The van der Waals surface area contributed by atoms with E-state index in [1.54, 1.807) is 0 Å². The molecule has 0 unspecified atom stereocenters. The second-order valence-electron chi connectivity index (χ2n) is 4.52. The van der Waals surface area contributed by atoms with E-state index in [1.807, 2.05) is 16.8 Å². The van der Waals surface area contributed by atoms with E-state index in [0.29, 0.717) is 11.8 Å². The van der Waals surface area contributed by atoms with E-state index in [9.17, 15) is 0 Å². The Balaban J connectivity index is 2.61. The van der Waals surface area contributed by atoms with Crippen LogP contribution in [0.3, 0.4) is 0 Å². The standard InChI is InChI=1S/C12H17N3/c1-8(2)10-5-6-12-13-7-11(9(3)4)15(12)14-10/h5-9H,1-4H3. The quantitative estimate of drug-likeness (QED) is 0.751. The fourth-order valence-corrected chi connectivity index (χ4v) is 1.61. The molecule has 3 heteroatoms. The molecule has 0 aliphatic carbocycles. The summed E-state index contributed by atoms with van der Waals surface area (Å²) >= 11 is 0. The Morgan fingerprint density at radius 1 is 1.07 bits per heavy atom. The van der Waals surface area contributed by atoms with Gasteiger partial charge in [0.25, 0.3) is 0 Å². The molecule has 2 heterocycles. The Morgan fingerprint density at radius 3 is 2.40 bits per heavy atom. The lowest BCUT2D eigenvalue weighted by Gasteiger charge is -2.07. The van der Waals surface area contributed by atoms with Crippen molar-refractivity contribution in [2.75, 3.05) is 0 Å². The minimum atomic E-state index is 0.454. The summed E-state index contributed by atoms with van der Waals surface area (Å²) in [6.45, 7) is 8.63. The SMILES string of the molecule is CC(C)c1ccc2ncc(C(C)C)n2n1. The molecule has 80 valence electrons. The van der Waals surface area contributed by atoms with Crippen molar-refractivity contribution in [3.63, 3.8) is 0 Å². The van der Waals surface area contributed by atoms with Crippen molar-refractivity contribution in [2.45, 2.75) is 39.5 Å². The smallest absolute Gasteiger partial charge is 0.153 e. The number of imidazole rings is 1. The van der Waals surface area contributed by atoms with Gasteiger partial charge < -0.3 is 0 Å². The van der Waals surface area contributed by atoms with Gasteiger partial charge in [0.15, 0.2) is 5.65 Å². The van der Waals surface area contributed by atoms with Crippen molar-refractivity contribution in [3.8, 4) is 0 Å². The molecule has 0 radical (unpaired) electrons. The van der Waals surface area contributed by atoms with Gasteiger partial charge in [-0.25, -0.2) is 9.50 Å². The summed E-state index contributed by atoms with van der Waals surface area (Å²) in [7, 11) is 0. The summed E-state index contributed by atoms with van der Waals surface area (Å²) in [5, 5.41) is 4.61. The number of hydrogen-bond donors (Lipinski definition) is 0. The highest BCUT2D eigenvalue weighted by Crippen LogP contribution is 2.17. The fraction of sp³-hybridized carbons (Fsp3) is 0.500. The van der Waals surface area contributed by atoms with Gasteiger partial charge in [0, 0.05) is 0 Å². The maximum atomic E-state index is 4.61. The van der Waals surface area contributed by atoms with Crippen molar-refractivity contribution >= 4 is 5.65 Å². The molecule has 0 saturated heterocycles. The number of rotatable bonds is 2. The second-order valence-corrected chi connectivity index (χ2v) is 4.52. The first-order chi connectivity index (χ1) is 7.09. The molecule has 0 aliphatic heterocycles. The highest BCUT2D eigenvalue weighted by atomic mass is 15.3. The van der Waals surface area contributed by atoms with Crippen LogP contribution in [0.4, 0.5) is 0 Å². The Labute approximate surface area is 90.1 Å². The first-order valence-electron chi connectivity index (χ1n) is 5.44. The van der Waals surface area contributed by atoms with Crippen LogP contribution in [0.1, 0.15) is 50.9 Å². The summed E-state index contributed by atoms with van der Waals surface area (Å²) < 4.78 is 1.96. The van der Waals surface area contributed by atoms with Crippen molar-refractivity contribution in [1.82, 2.24) is 14.6 Å². The molecule has 0 atom stereocenters. The third kappa shape index (κ3) is 1.74. The average molecular weight is 203 g/mol. The van der Waals surface area contributed by atoms with Gasteiger partial charge in [-0.05, 0) is 24.0 Å². The molecule has 0 aliphatic rings. The highest BCUT2D eigenvalue weighted by Gasteiger charge is 2.09. The van der Waals surface area contributed by atoms with Crippen LogP contribution in [-0.4, -0.2) is 14.6 Å². The molecule has 2 rings (SSSR count). The van der Waals surface area contributed by atoms with Crippen molar-refractivity contribution in [2.24, 2.45) is 0 Å². The zero-order valence-corrected chi connectivity index (χ0v) is 9.73. The van der Waals surface area contributed by atoms with Gasteiger partial charge in [0.2, 0.25) is 0 Å². The summed E-state index contributed by atoms with van der Waals surface area (Å²) in [4.78, 5) is 4.34. The largest absolute Gasteiger partial charge is 0.235 e. The Morgan fingerprint density at radius 2 is 1.80 bits per heavy atom. The van der Waals surface area contributed by atoms with Gasteiger partial charge in [-0.1, -0.05) is 27.7 Å². The van der Waals surface area contributed by atoms with Gasteiger partial charge in [0.1, 0.15) is 0 Å².